The highest BCUT2D eigenvalue weighted by Crippen LogP contribution is 2.15. The number of hydrogen-bond donors (Lipinski definition) is 2. The van der Waals surface area contributed by atoms with Crippen molar-refractivity contribution in [1.29, 1.82) is 0 Å². The zero-order valence-corrected chi connectivity index (χ0v) is 12.2. The monoisotopic (exact) mass is 306 g/mol. The van der Waals surface area contributed by atoms with Gasteiger partial charge in [-0.1, -0.05) is 17.7 Å². The van der Waals surface area contributed by atoms with Crippen LogP contribution in [0.25, 0.3) is 0 Å². The van der Waals surface area contributed by atoms with Gasteiger partial charge in [-0.25, -0.2) is 4.39 Å². The molecule has 0 bridgehead atoms. The highest BCUT2D eigenvalue weighted by atomic mass is 32.2. The Kier molecular flexibility index (Phi) is 4.70. The lowest BCUT2D eigenvalue weighted by molar-refractivity contribution is -0.113. The predicted octanol–water partition coefficient (Wildman–Crippen LogP) is 2.46. The molecule has 4 nitrogen and oxygen atoms in total. The first-order chi connectivity index (χ1) is 9.95. The molecule has 0 fully saturated rings. The zero-order chi connectivity index (χ0) is 15.4. The van der Waals surface area contributed by atoms with E-state index in [1.54, 1.807) is 12.1 Å². The molecule has 2 rings (SSSR count). The summed E-state index contributed by atoms with van der Waals surface area (Å²) in [6.45, 7) is 1.94. The lowest BCUT2D eigenvalue weighted by atomic mass is 10.2. The van der Waals surface area contributed by atoms with E-state index in [9.17, 15) is 13.4 Å². The van der Waals surface area contributed by atoms with Crippen molar-refractivity contribution in [2.75, 3.05) is 16.8 Å². The molecule has 0 aliphatic heterocycles. The van der Waals surface area contributed by atoms with E-state index >= 15 is 0 Å². The normalized spacial score (nSPS) is 11.9. The number of halogens is 1. The van der Waals surface area contributed by atoms with Crippen LogP contribution in [0.1, 0.15) is 5.56 Å². The van der Waals surface area contributed by atoms with Crippen molar-refractivity contribution < 1.29 is 13.4 Å². The Bertz CT molecular complexity index is 687. The van der Waals surface area contributed by atoms with E-state index in [0.717, 1.165) is 11.6 Å². The molecule has 0 aromatic heterocycles. The predicted molar refractivity (Wildman–Crippen MR) is 81.9 cm³/mol. The Labute approximate surface area is 124 Å². The second-order valence-corrected chi connectivity index (χ2v) is 6.04. The Morgan fingerprint density at radius 1 is 1.24 bits per heavy atom. The molecule has 0 saturated heterocycles. The largest absolute Gasteiger partial charge is 0.396 e. The Balaban J connectivity index is 2.00. The lowest BCUT2D eigenvalue weighted by Gasteiger charge is -2.06. The summed E-state index contributed by atoms with van der Waals surface area (Å²) in [6, 6.07) is 11.1. The van der Waals surface area contributed by atoms with Gasteiger partial charge in [0.2, 0.25) is 5.91 Å². The molecule has 0 saturated carbocycles. The molecule has 21 heavy (non-hydrogen) atoms. The van der Waals surface area contributed by atoms with Crippen molar-refractivity contribution in [2.24, 2.45) is 0 Å². The van der Waals surface area contributed by atoms with Crippen molar-refractivity contribution in [2.45, 2.75) is 11.8 Å². The number of carbonyl (C=O) groups is 1. The van der Waals surface area contributed by atoms with E-state index < -0.39 is 22.5 Å². The topological polar surface area (TPSA) is 72.2 Å². The summed E-state index contributed by atoms with van der Waals surface area (Å²) < 4.78 is 25.3. The van der Waals surface area contributed by atoms with E-state index in [-0.39, 0.29) is 16.3 Å². The Morgan fingerprint density at radius 2 is 1.90 bits per heavy atom. The molecule has 3 N–H and O–H groups in total. The zero-order valence-electron chi connectivity index (χ0n) is 11.4. The number of nitrogens with one attached hydrogen (secondary N) is 1. The molecule has 6 heteroatoms. The number of anilines is 2. The third-order valence-electron chi connectivity index (χ3n) is 2.83. The van der Waals surface area contributed by atoms with Crippen LogP contribution < -0.4 is 11.1 Å². The van der Waals surface area contributed by atoms with Crippen LogP contribution in [0.5, 0.6) is 0 Å². The third kappa shape index (κ3) is 4.13. The number of nitrogens with two attached hydrogens (primary N) is 1. The molecule has 0 aliphatic carbocycles. The van der Waals surface area contributed by atoms with E-state index in [2.05, 4.69) is 5.32 Å². The van der Waals surface area contributed by atoms with Crippen LogP contribution >= 0.6 is 0 Å². The van der Waals surface area contributed by atoms with Crippen LogP contribution in [0.4, 0.5) is 15.8 Å². The maximum atomic E-state index is 13.3. The minimum Gasteiger partial charge on any atom is -0.396 e. The summed E-state index contributed by atoms with van der Waals surface area (Å²) in [5, 5.41) is 2.65. The fourth-order valence-electron chi connectivity index (χ4n) is 1.69. The van der Waals surface area contributed by atoms with Gasteiger partial charge in [-0.15, -0.1) is 0 Å². The Morgan fingerprint density at radius 3 is 2.52 bits per heavy atom. The van der Waals surface area contributed by atoms with Crippen molar-refractivity contribution >= 4 is 28.1 Å². The van der Waals surface area contributed by atoms with Crippen LogP contribution in [-0.4, -0.2) is 15.9 Å². The molecule has 2 aromatic rings. The highest BCUT2D eigenvalue weighted by Gasteiger charge is 2.12. The van der Waals surface area contributed by atoms with Gasteiger partial charge in [0.15, 0.2) is 0 Å². The fraction of sp³-hybridized carbons (Fsp3) is 0.133. The number of nitrogen functional groups attached to an aromatic ring is 1. The van der Waals surface area contributed by atoms with Crippen molar-refractivity contribution in [3.05, 3.63) is 53.8 Å². The molecule has 0 radical (unpaired) electrons. The molecule has 1 amide bonds. The summed E-state index contributed by atoms with van der Waals surface area (Å²) in [7, 11) is -1.62. The number of carbonyl (C=O) groups excluding carboxylic acids is 1. The lowest BCUT2D eigenvalue weighted by Crippen LogP contribution is -2.19. The molecule has 0 heterocycles. The molecular weight excluding hydrogens is 291 g/mol. The standard InChI is InChI=1S/C15H15FN2O2S/c1-10-2-4-11(5-3-10)18-15(19)9-21(20)12-6-7-14(17)13(16)8-12/h2-8H,9,17H2,1H3,(H,18,19). The van der Waals surface area contributed by atoms with Crippen LogP contribution in [0.2, 0.25) is 0 Å². The fourth-order valence-corrected chi connectivity index (χ4v) is 2.62. The first kappa shape index (κ1) is 15.2. The summed E-state index contributed by atoms with van der Waals surface area (Å²) in [4.78, 5) is 12.0. The summed E-state index contributed by atoms with van der Waals surface area (Å²) in [6.07, 6.45) is 0. The quantitative estimate of drug-likeness (QED) is 0.852. The second-order valence-electron chi connectivity index (χ2n) is 4.59. The smallest absolute Gasteiger partial charge is 0.237 e. The van der Waals surface area contributed by atoms with Crippen molar-refractivity contribution in [1.82, 2.24) is 0 Å². The van der Waals surface area contributed by atoms with Crippen molar-refractivity contribution in [3.8, 4) is 0 Å². The van der Waals surface area contributed by atoms with Gasteiger partial charge in [0, 0.05) is 10.6 Å². The maximum Gasteiger partial charge on any atom is 0.237 e. The summed E-state index contributed by atoms with van der Waals surface area (Å²) in [5.74, 6) is -1.27. The average Bonchev–Trinajstić information content (AvgIpc) is 2.44. The number of amides is 1. The molecule has 1 unspecified atom stereocenters. The first-order valence-corrected chi connectivity index (χ1v) is 7.57. The van der Waals surface area contributed by atoms with Gasteiger partial charge >= 0.3 is 0 Å². The van der Waals surface area contributed by atoms with Gasteiger partial charge in [0.25, 0.3) is 0 Å². The third-order valence-corrected chi connectivity index (χ3v) is 4.14. The molecule has 2 aromatic carbocycles. The van der Waals surface area contributed by atoms with Gasteiger partial charge in [0.1, 0.15) is 11.6 Å². The van der Waals surface area contributed by atoms with Crippen LogP contribution in [0.3, 0.4) is 0 Å². The van der Waals surface area contributed by atoms with E-state index in [0.29, 0.717) is 5.69 Å². The Hall–Kier alpha value is -2.21. The summed E-state index contributed by atoms with van der Waals surface area (Å²) in [5.41, 5.74) is 7.05. The van der Waals surface area contributed by atoms with Crippen LogP contribution in [-0.2, 0) is 15.6 Å². The molecular formula is C15H15FN2O2S. The van der Waals surface area contributed by atoms with Gasteiger partial charge in [-0.05, 0) is 37.3 Å². The van der Waals surface area contributed by atoms with E-state index in [1.807, 2.05) is 19.1 Å². The van der Waals surface area contributed by atoms with Gasteiger partial charge in [0.05, 0.1) is 16.5 Å². The average molecular weight is 306 g/mol. The summed E-state index contributed by atoms with van der Waals surface area (Å²) >= 11 is 0. The molecule has 0 aliphatic rings. The SMILES string of the molecule is Cc1ccc(NC(=O)CS(=O)c2ccc(N)c(F)c2)cc1. The van der Waals surface area contributed by atoms with Gasteiger partial charge in [-0.2, -0.15) is 0 Å². The molecule has 0 spiro atoms. The second kappa shape index (κ2) is 6.49. The van der Waals surface area contributed by atoms with Crippen LogP contribution in [0.15, 0.2) is 47.4 Å². The van der Waals surface area contributed by atoms with Crippen molar-refractivity contribution in [3.63, 3.8) is 0 Å². The van der Waals surface area contributed by atoms with Gasteiger partial charge < -0.3 is 11.1 Å². The number of benzene rings is 2. The number of aryl methyl sites for hydroxylation is 1. The van der Waals surface area contributed by atoms with Gasteiger partial charge in [-0.3, -0.25) is 9.00 Å². The van der Waals surface area contributed by atoms with Crippen LogP contribution in [0, 0.1) is 12.7 Å². The molecule has 110 valence electrons. The number of rotatable bonds is 4. The minimum absolute atomic E-state index is 0.0140. The maximum absolute atomic E-state index is 13.3. The van der Waals surface area contributed by atoms with E-state index in [1.165, 1.54) is 12.1 Å². The molecule has 1 atom stereocenters. The highest BCUT2D eigenvalue weighted by molar-refractivity contribution is 7.85. The first-order valence-electron chi connectivity index (χ1n) is 6.25. The number of hydrogen-bond acceptors (Lipinski definition) is 3. The minimum atomic E-state index is -1.62. The van der Waals surface area contributed by atoms with E-state index in [4.69, 9.17) is 5.73 Å².